The Labute approximate surface area is 101 Å². The van der Waals surface area contributed by atoms with Crippen molar-refractivity contribution in [1.29, 1.82) is 0 Å². The molecule has 0 atom stereocenters. The van der Waals surface area contributed by atoms with Crippen LogP contribution in [0.5, 0.6) is 5.75 Å². The summed E-state index contributed by atoms with van der Waals surface area (Å²) in [5.74, 6) is 0.861. The van der Waals surface area contributed by atoms with Gasteiger partial charge < -0.3 is 15.4 Å². The van der Waals surface area contributed by atoms with E-state index in [0.29, 0.717) is 12.6 Å². The Morgan fingerprint density at radius 2 is 2.06 bits per heavy atom. The molecule has 1 fully saturated rings. The van der Waals surface area contributed by atoms with Gasteiger partial charge in [-0.15, -0.1) is 0 Å². The summed E-state index contributed by atoms with van der Waals surface area (Å²) in [7, 11) is 1.64. The molecule has 1 aromatic carbocycles. The summed E-state index contributed by atoms with van der Waals surface area (Å²) in [6.07, 6.45) is 2.20. The normalized spacial score (nSPS) is 14.5. The van der Waals surface area contributed by atoms with Crippen LogP contribution in [-0.2, 0) is 11.3 Å². The molecule has 0 heterocycles. The molecule has 1 aliphatic carbocycles. The SMILES string of the molecule is COc1ccc(CN(C(=O)CN)C2CC2)cc1. The molecule has 1 amide bonds. The van der Waals surface area contributed by atoms with Crippen LogP contribution in [0.1, 0.15) is 18.4 Å². The second-order valence-corrected chi connectivity index (χ2v) is 4.31. The summed E-state index contributed by atoms with van der Waals surface area (Å²) >= 11 is 0. The van der Waals surface area contributed by atoms with Gasteiger partial charge in [-0.2, -0.15) is 0 Å². The van der Waals surface area contributed by atoms with Gasteiger partial charge in [0.1, 0.15) is 5.75 Å². The summed E-state index contributed by atoms with van der Waals surface area (Å²) in [4.78, 5) is 13.6. The largest absolute Gasteiger partial charge is 0.497 e. The number of carbonyl (C=O) groups excluding carboxylic acids is 1. The first-order valence-corrected chi connectivity index (χ1v) is 5.87. The van der Waals surface area contributed by atoms with E-state index in [1.807, 2.05) is 29.2 Å². The maximum Gasteiger partial charge on any atom is 0.236 e. The third-order valence-corrected chi connectivity index (χ3v) is 2.99. The molecule has 0 aromatic heterocycles. The monoisotopic (exact) mass is 234 g/mol. The van der Waals surface area contributed by atoms with Gasteiger partial charge in [-0.25, -0.2) is 0 Å². The molecule has 0 bridgehead atoms. The smallest absolute Gasteiger partial charge is 0.236 e. The van der Waals surface area contributed by atoms with E-state index in [-0.39, 0.29) is 12.5 Å². The average molecular weight is 234 g/mol. The lowest BCUT2D eigenvalue weighted by molar-refractivity contribution is -0.130. The molecule has 0 unspecified atom stereocenters. The summed E-state index contributed by atoms with van der Waals surface area (Å²) in [6.45, 7) is 0.733. The standard InChI is InChI=1S/C13H18N2O2/c1-17-12-6-2-10(3-7-12)9-15(11-4-5-11)13(16)8-14/h2-3,6-7,11H,4-5,8-9,14H2,1H3. The van der Waals surface area contributed by atoms with Crippen molar-refractivity contribution in [3.05, 3.63) is 29.8 Å². The van der Waals surface area contributed by atoms with E-state index in [9.17, 15) is 4.79 Å². The molecule has 4 nitrogen and oxygen atoms in total. The summed E-state index contributed by atoms with van der Waals surface area (Å²) in [6, 6.07) is 8.18. The van der Waals surface area contributed by atoms with Gasteiger partial charge in [-0.1, -0.05) is 12.1 Å². The van der Waals surface area contributed by atoms with Gasteiger partial charge in [-0.3, -0.25) is 4.79 Å². The lowest BCUT2D eigenvalue weighted by Gasteiger charge is -2.21. The Bertz CT molecular complexity index is 385. The lowest BCUT2D eigenvalue weighted by Crippen LogP contribution is -2.37. The summed E-state index contributed by atoms with van der Waals surface area (Å²) in [5.41, 5.74) is 6.54. The minimum absolute atomic E-state index is 0.0309. The zero-order chi connectivity index (χ0) is 12.3. The fraction of sp³-hybridized carbons (Fsp3) is 0.462. The van der Waals surface area contributed by atoms with E-state index >= 15 is 0 Å². The van der Waals surface area contributed by atoms with Gasteiger partial charge in [-0.05, 0) is 30.5 Å². The van der Waals surface area contributed by atoms with Crippen LogP contribution in [0.25, 0.3) is 0 Å². The Kier molecular flexibility index (Phi) is 3.64. The molecule has 0 saturated heterocycles. The first kappa shape index (κ1) is 11.9. The van der Waals surface area contributed by atoms with Crippen molar-refractivity contribution in [2.24, 2.45) is 5.73 Å². The average Bonchev–Trinajstić information content (AvgIpc) is 3.20. The number of nitrogens with two attached hydrogens (primary N) is 1. The fourth-order valence-corrected chi connectivity index (χ4v) is 1.85. The van der Waals surface area contributed by atoms with E-state index in [0.717, 1.165) is 24.2 Å². The highest BCUT2D eigenvalue weighted by Gasteiger charge is 2.31. The van der Waals surface area contributed by atoms with Crippen LogP contribution in [-0.4, -0.2) is 30.5 Å². The number of carbonyl (C=O) groups is 1. The molecule has 0 radical (unpaired) electrons. The number of rotatable bonds is 5. The van der Waals surface area contributed by atoms with Crippen molar-refractivity contribution in [2.45, 2.75) is 25.4 Å². The van der Waals surface area contributed by atoms with Crippen LogP contribution in [0.2, 0.25) is 0 Å². The molecular weight excluding hydrogens is 216 g/mol. The highest BCUT2D eigenvalue weighted by molar-refractivity contribution is 5.78. The lowest BCUT2D eigenvalue weighted by atomic mass is 10.2. The highest BCUT2D eigenvalue weighted by atomic mass is 16.5. The van der Waals surface area contributed by atoms with Crippen molar-refractivity contribution in [2.75, 3.05) is 13.7 Å². The van der Waals surface area contributed by atoms with Gasteiger partial charge in [0.15, 0.2) is 0 Å². The number of nitrogens with zero attached hydrogens (tertiary/aromatic N) is 1. The number of ether oxygens (including phenoxy) is 1. The van der Waals surface area contributed by atoms with Crippen LogP contribution in [0.3, 0.4) is 0 Å². The van der Waals surface area contributed by atoms with Crippen LogP contribution in [0, 0.1) is 0 Å². The van der Waals surface area contributed by atoms with Crippen molar-refractivity contribution in [3.8, 4) is 5.75 Å². The Morgan fingerprint density at radius 1 is 1.41 bits per heavy atom. The predicted octanol–water partition coefficient (Wildman–Crippen LogP) is 1.14. The second kappa shape index (κ2) is 5.19. The van der Waals surface area contributed by atoms with Crippen LogP contribution < -0.4 is 10.5 Å². The molecule has 1 aromatic rings. The molecule has 0 aliphatic heterocycles. The first-order valence-electron chi connectivity index (χ1n) is 5.87. The third-order valence-electron chi connectivity index (χ3n) is 2.99. The Balaban J connectivity index is 2.03. The zero-order valence-corrected chi connectivity index (χ0v) is 10.1. The predicted molar refractivity (Wildman–Crippen MR) is 65.6 cm³/mol. The Hall–Kier alpha value is -1.55. The van der Waals surface area contributed by atoms with Crippen molar-refractivity contribution in [1.82, 2.24) is 4.90 Å². The van der Waals surface area contributed by atoms with Crippen LogP contribution in [0.15, 0.2) is 24.3 Å². The fourth-order valence-electron chi connectivity index (χ4n) is 1.85. The number of methoxy groups -OCH3 is 1. The first-order chi connectivity index (χ1) is 8.24. The maximum absolute atomic E-state index is 11.7. The van der Waals surface area contributed by atoms with E-state index in [4.69, 9.17) is 10.5 Å². The van der Waals surface area contributed by atoms with E-state index < -0.39 is 0 Å². The molecule has 1 aliphatic rings. The molecular formula is C13H18N2O2. The number of amides is 1. The molecule has 17 heavy (non-hydrogen) atoms. The van der Waals surface area contributed by atoms with Crippen molar-refractivity contribution >= 4 is 5.91 Å². The topological polar surface area (TPSA) is 55.6 Å². The second-order valence-electron chi connectivity index (χ2n) is 4.31. The highest BCUT2D eigenvalue weighted by Crippen LogP contribution is 2.28. The molecule has 1 saturated carbocycles. The van der Waals surface area contributed by atoms with Gasteiger partial charge in [0.05, 0.1) is 13.7 Å². The minimum atomic E-state index is 0.0309. The molecule has 2 N–H and O–H groups in total. The Morgan fingerprint density at radius 3 is 2.53 bits per heavy atom. The van der Waals surface area contributed by atoms with E-state index in [1.54, 1.807) is 7.11 Å². The number of hydrogen-bond acceptors (Lipinski definition) is 3. The molecule has 92 valence electrons. The molecule has 2 rings (SSSR count). The van der Waals surface area contributed by atoms with E-state index in [2.05, 4.69) is 0 Å². The van der Waals surface area contributed by atoms with Crippen LogP contribution in [0.4, 0.5) is 0 Å². The summed E-state index contributed by atoms with van der Waals surface area (Å²) < 4.78 is 5.10. The quantitative estimate of drug-likeness (QED) is 0.831. The van der Waals surface area contributed by atoms with Gasteiger partial charge in [0.2, 0.25) is 5.91 Å². The van der Waals surface area contributed by atoms with Crippen LogP contribution >= 0.6 is 0 Å². The van der Waals surface area contributed by atoms with Gasteiger partial charge in [0, 0.05) is 12.6 Å². The van der Waals surface area contributed by atoms with Gasteiger partial charge >= 0.3 is 0 Å². The maximum atomic E-state index is 11.7. The zero-order valence-electron chi connectivity index (χ0n) is 10.1. The molecule has 0 spiro atoms. The number of benzene rings is 1. The van der Waals surface area contributed by atoms with Crippen molar-refractivity contribution in [3.63, 3.8) is 0 Å². The van der Waals surface area contributed by atoms with Gasteiger partial charge in [0.25, 0.3) is 0 Å². The molecule has 4 heteroatoms. The van der Waals surface area contributed by atoms with Crippen molar-refractivity contribution < 1.29 is 9.53 Å². The summed E-state index contributed by atoms with van der Waals surface area (Å²) in [5, 5.41) is 0. The minimum Gasteiger partial charge on any atom is -0.497 e. The number of hydrogen-bond donors (Lipinski definition) is 1. The third kappa shape index (κ3) is 2.97. The van der Waals surface area contributed by atoms with E-state index in [1.165, 1.54) is 0 Å².